The largest absolute Gasteiger partial charge is 0.459 e. The van der Waals surface area contributed by atoms with Crippen LogP contribution in [0.25, 0.3) is 0 Å². The van der Waals surface area contributed by atoms with E-state index in [9.17, 15) is 4.79 Å². The van der Waals surface area contributed by atoms with Crippen molar-refractivity contribution in [1.29, 1.82) is 0 Å². The molecular weight excluding hydrogens is 270 g/mol. The van der Waals surface area contributed by atoms with Gasteiger partial charge in [-0.3, -0.25) is 4.79 Å². The van der Waals surface area contributed by atoms with E-state index in [1.165, 1.54) is 17.7 Å². The van der Waals surface area contributed by atoms with Crippen molar-refractivity contribution in [3.63, 3.8) is 0 Å². The molecule has 2 aliphatic rings. The number of amides is 1. The second-order valence-electron chi connectivity index (χ2n) is 6.12. The molecular formula is C16H27NO4. The van der Waals surface area contributed by atoms with E-state index in [-0.39, 0.29) is 24.7 Å². The number of ether oxygens (including phenoxy) is 2. The van der Waals surface area contributed by atoms with Gasteiger partial charge in [-0.25, -0.2) is 0 Å². The van der Waals surface area contributed by atoms with Crippen molar-refractivity contribution in [2.75, 3.05) is 27.3 Å². The Labute approximate surface area is 126 Å². The van der Waals surface area contributed by atoms with Gasteiger partial charge >= 0.3 is 0 Å². The monoisotopic (exact) mass is 297 g/mol. The quantitative estimate of drug-likeness (QED) is 0.778. The number of rotatable bonds is 7. The number of hydrogen-bond donors (Lipinski definition) is 1. The van der Waals surface area contributed by atoms with Gasteiger partial charge in [-0.2, -0.15) is 0 Å². The van der Waals surface area contributed by atoms with Crippen LogP contribution in [-0.4, -0.2) is 49.5 Å². The summed E-state index contributed by atoms with van der Waals surface area (Å²) in [5.41, 5.74) is 0. The highest BCUT2D eigenvalue weighted by Gasteiger charge is 2.44. The molecule has 120 valence electrons. The van der Waals surface area contributed by atoms with Crippen molar-refractivity contribution < 1.29 is 19.4 Å². The molecule has 0 saturated heterocycles. The van der Waals surface area contributed by atoms with Crippen LogP contribution in [-0.2, 0) is 14.3 Å². The molecule has 3 atom stereocenters. The van der Waals surface area contributed by atoms with Crippen LogP contribution in [0, 0.1) is 17.8 Å². The van der Waals surface area contributed by atoms with Gasteiger partial charge in [0.05, 0.1) is 0 Å². The molecule has 0 aromatic heterocycles. The van der Waals surface area contributed by atoms with Gasteiger partial charge < -0.3 is 19.5 Å². The molecule has 0 bridgehead atoms. The summed E-state index contributed by atoms with van der Waals surface area (Å²) in [6.07, 6.45) is 5.64. The third-order valence-corrected chi connectivity index (χ3v) is 4.24. The molecule has 21 heavy (non-hydrogen) atoms. The Balaban J connectivity index is 2.20. The topological polar surface area (TPSA) is 59.0 Å². The van der Waals surface area contributed by atoms with E-state index in [0.29, 0.717) is 24.2 Å². The lowest BCUT2D eigenvalue weighted by Gasteiger charge is -2.37. The Kier molecular flexibility index (Phi) is 5.65. The summed E-state index contributed by atoms with van der Waals surface area (Å²) < 4.78 is 11.6. The van der Waals surface area contributed by atoms with Crippen LogP contribution in [0.1, 0.15) is 32.6 Å². The van der Waals surface area contributed by atoms with Gasteiger partial charge in [0.1, 0.15) is 0 Å². The molecule has 0 radical (unpaired) electrons. The minimum Gasteiger partial charge on any atom is -0.459 e. The summed E-state index contributed by atoms with van der Waals surface area (Å²) in [5, 5.41) is 9.11. The first-order valence-corrected chi connectivity index (χ1v) is 7.91. The van der Waals surface area contributed by atoms with Gasteiger partial charge in [0, 0.05) is 33.2 Å². The molecule has 0 aromatic carbocycles. The van der Waals surface area contributed by atoms with Gasteiger partial charge in [-0.05, 0) is 50.5 Å². The predicted molar refractivity (Wildman–Crippen MR) is 79.3 cm³/mol. The summed E-state index contributed by atoms with van der Waals surface area (Å²) in [6, 6.07) is 0. The zero-order chi connectivity index (χ0) is 15.4. The van der Waals surface area contributed by atoms with Crippen LogP contribution < -0.4 is 0 Å². The molecule has 1 N–H and O–H groups in total. The highest BCUT2D eigenvalue weighted by Crippen LogP contribution is 2.47. The maximum atomic E-state index is 12.2. The predicted octanol–water partition coefficient (Wildman–Crippen LogP) is 1.77. The highest BCUT2D eigenvalue weighted by molar-refractivity contribution is 5.91. The zero-order valence-corrected chi connectivity index (χ0v) is 13.2. The minimum absolute atomic E-state index is 0.106. The molecule has 1 aliphatic heterocycles. The van der Waals surface area contributed by atoms with Crippen molar-refractivity contribution >= 4 is 5.91 Å². The molecule has 1 heterocycles. The van der Waals surface area contributed by atoms with Gasteiger partial charge in [-0.1, -0.05) is 0 Å². The van der Waals surface area contributed by atoms with E-state index in [0.717, 1.165) is 12.8 Å². The number of hydrogen-bond acceptors (Lipinski definition) is 4. The Bertz CT molecular complexity index is 390. The summed E-state index contributed by atoms with van der Waals surface area (Å²) >= 11 is 0. The van der Waals surface area contributed by atoms with Crippen molar-refractivity contribution in [3.05, 3.63) is 11.8 Å². The van der Waals surface area contributed by atoms with Crippen LogP contribution in [0.2, 0.25) is 0 Å². The Hall–Kier alpha value is -1.07. The summed E-state index contributed by atoms with van der Waals surface area (Å²) in [6.45, 7) is 2.67. The Morgan fingerprint density at radius 2 is 2.19 bits per heavy atom. The highest BCUT2D eigenvalue weighted by atomic mass is 16.7. The fraction of sp³-hybridized carbons (Fsp3) is 0.812. The van der Waals surface area contributed by atoms with Gasteiger partial charge in [0.15, 0.2) is 5.76 Å². The Morgan fingerprint density at radius 1 is 1.48 bits per heavy atom. The first kappa shape index (κ1) is 16.3. The second-order valence-corrected chi connectivity index (χ2v) is 6.12. The molecule has 1 amide bonds. The number of likely N-dealkylation sites (N-methyl/N-ethyl adjacent to an activating group) is 1. The van der Waals surface area contributed by atoms with E-state index in [1.54, 1.807) is 14.1 Å². The van der Waals surface area contributed by atoms with Crippen LogP contribution in [0.15, 0.2) is 11.8 Å². The van der Waals surface area contributed by atoms with Crippen LogP contribution >= 0.6 is 0 Å². The third kappa shape index (κ3) is 3.98. The fourth-order valence-corrected chi connectivity index (χ4v) is 3.02. The van der Waals surface area contributed by atoms with Crippen LogP contribution in [0.3, 0.4) is 0 Å². The molecule has 0 spiro atoms. The first-order chi connectivity index (χ1) is 10.1. The number of aliphatic hydroxyl groups excluding tert-OH is 1. The molecule has 5 nitrogen and oxygen atoms in total. The maximum absolute atomic E-state index is 12.2. The molecule has 2 rings (SSSR count). The van der Waals surface area contributed by atoms with Crippen molar-refractivity contribution in [3.8, 4) is 0 Å². The fourth-order valence-electron chi connectivity index (χ4n) is 3.02. The first-order valence-electron chi connectivity index (χ1n) is 7.91. The smallest absolute Gasteiger partial charge is 0.288 e. The van der Waals surface area contributed by atoms with Crippen molar-refractivity contribution in [1.82, 2.24) is 4.90 Å². The van der Waals surface area contributed by atoms with Crippen LogP contribution in [0.4, 0.5) is 0 Å². The second kappa shape index (κ2) is 7.27. The molecule has 1 aliphatic carbocycles. The summed E-state index contributed by atoms with van der Waals surface area (Å²) in [4.78, 5) is 13.7. The number of carbonyl (C=O) groups excluding carboxylic acids is 1. The number of nitrogens with zero attached hydrogens (tertiary/aromatic N) is 1. The Morgan fingerprint density at radius 3 is 2.71 bits per heavy atom. The van der Waals surface area contributed by atoms with Crippen LogP contribution in [0.5, 0.6) is 0 Å². The summed E-state index contributed by atoms with van der Waals surface area (Å²) in [7, 11) is 3.46. The lowest BCUT2D eigenvalue weighted by Crippen LogP contribution is -2.40. The molecule has 0 aromatic rings. The standard InChI is InChI=1S/C16H27NO4/c1-4-20-16-12(6-5-9-18)13(11-7-8-11)10-14(21-16)15(19)17(2)3/h10-13,16,18H,4-9H2,1-3H3/t12-,13+,16+/m1/s1. The van der Waals surface area contributed by atoms with E-state index < -0.39 is 0 Å². The SMILES string of the molecule is CCO[C@H]1OC(C(=O)N(C)C)=C[C@@H](C2CC2)[C@H]1CCCO. The average molecular weight is 297 g/mol. The molecule has 1 saturated carbocycles. The zero-order valence-electron chi connectivity index (χ0n) is 13.2. The lowest BCUT2D eigenvalue weighted by molar-refractivity contribution is -0.176. The number of allylic oxidation sites excluding steroid dienone is 1. The molecule has 1 fully saturated rings. The van der Waals surface area contributed by atoms with Crippen molar-refractivity contribution in [2.45, 2.75) is 38.9 Å². The van der Waals surface area contributed by atoms with Gasteiger partial charge in [0.25, 0.3) is 5.91 Å². The van der Waals surface area contributed by atoms with Crippen molar-refractivity contribution in [2.24, 2.45) is 17.8 Å². The molecule has 5 heteroatoms. The third-order valence-electron chi connectivity index (χ3n) is 4.24. The molecule has 0 unspecified atom stereocenters. The number of carbonyl (C=O) groups is 1. The summed E-state index contributed by atoms with van der Waals surface area (Å²) in [5.74, 6) is 1.48. The lowest BCUT2D eigenvalue weighted by atomic mass is 9.82. The van der Waals surface area contributed by atoms with Gasteiger partial charge in [0.2, 0.25) is 6.29 Å². The van der Waals surface area contributed by atoms with Gasteiger partial charge in [-0.15, -0.1) is 0 Å². The van der Waals surface area contributed by atoms with E-state index in [4.69, 9.17) is 14.6 Å². The minimum atomic E-state index is -0.379. The van der Waals surface area contributed by atoms with E-state index >= 15 is 0 Å². The average Bonchev–Trinajstić information content (AvgIpc) is 3.29. The maximum Gasteiger partial charge on any atom is 0.288 e. The van der Waals surface area contributed by atoms with E-state index in [2.05, 4.69) is 0 Å². The number of aliphatic hydroxyl groups is 1. The normalized spacial score (nSPS) is 28.8. The van der Waals surface area contributed by atoms with E-state index in [1.807, 2.05) is 13.0 Å².